The SMILES string of the molecule is Clc1ccc(C(c2ccc(Cl)s2)N2CCNCC2)cc1. The molecule has 3 rings (SSSR count). The van der Waals surface area contributed by atoms with Gasteiger partial charge in [-0.05, 0) is 29.8 Å². The Bertz CT molecular complexity index is 562. The molecule has 1 fully saturated rings. The maximum Gasteiger partial charge on any atom is 0.0931 e. The van der Waals surface area contributed by atoms with Crippen LogP contribution in [-0.4, -0.2) is 31.1 Å². The van der Waals surface area contributed by atoms with Crippen LogP contribution < -0.4 is 5.32 Å². The maximum absolute atomic E-state index is 6.12. The van der Waals surface area contributed by atoms with E-state index in [4.69, 9.17) is 23.2 Å². The smallest absolute Gasteiger partial charge is 0.0931 e. The summed E-state index contributed by atoms with van der Waals surface area (Å²) in [6.45, 7) is 4.15. The minimum absolute atomic E-state index is 0.270. The van der Waals surface area contributed by atoms with Crippen molar-refractivity contribution < 1.29 is 0 Å². The molecular weight excluding hydrogens is 311 g/mol. The Hall–Kier alpha value is -0.580. The third-order valence-corrected chi connectivity index (χ3v) is 5.10. The predicted octanol–water partition coefficient (Wildman–Crippen LogP) is 4.05. The summed E-state index contributed by atoms with van der Waals surface area (Å²) in [5.41, 5.74) is 1.27. The first-order valence-corrected chi connectivity index (χ1v) is 8.27. The maximum atomic E-state index is 6.12. The van der Waals surface area contributed by atoms with Gasteiger partial charge in [0, 0.05) is 36.1 Å². The number of hydrogen-bond acceptors (Lipinski definition) is 3. The van der Waals surface area contributed by atoms with Crippen molar-refractivity contribution in [1.82, 2.24) is 10.2 Å². The number of thiophene rings is 1. The molecule has 0 radical (unpaired) electrons. The van der Waals surface area contributed by atoms with Gasteiger partial charge in [-0.25, -0.2) is 0 Å². The van der Waals surface area contributed by atoms with E-state index in [2.05, 4.69) is 28.4 Å². The van der Waals surface area contributed by atoms with Gasteiger partial charge in [-0.3, -0.25) is 4.90 Å². The van der Waals surface area contributed by atoms with Crippen LogP contribution in [0.15, 0.2) is 36.4 Å². The molecule has 1 aromatic heterocycles. The Balaban J connectivity index is 1.95. The number of rotatable bonds is 3. The van der Waals surface area contributed by atoms with Gasteiger partial charge >= 0.3 is 0 Å². The lowest BCUT2D eigenvalue weighted by Crippen LogP contribution is -2.45. The molecule has 2 nitrogen and oxygen atoms in total. The van der Waals surface area contributed by atoms with Gasteiger partial charge in [0.05, 0.1) is 10.4 Å². The van der Waals surface area contributed by atoms with Gasteiger partial charge in [-0.2, -0.15) is 0 Å². The van der Waals surface area contributed by atoms with Gasteiger partial charge in [0.2, 0.25) is 0 Å². The number of benzene rings is 1. The molecule has 1 unspecified atom stereocenters. The van der Waals surface area contributed by atoms with Crippen LogP contribution in [0, 0.1) is 0 Å². The molecule has 0 bridgehead atoms. The molecular formula is C15H16Cl2N2S. The Morgan fingerprint density at radius 2 is 1.70 bits per heavy atom. The Morgan fingerprint density at radius 3 is 2.30 bits per heavy atom. The summed E-state index contributed by atoms with van der Waals surface area (Å²) < 4.78 is 0.842. The van der Waals surface area contributed by atoms with E-state index in [0.29, 0.717) is 0 Å². The summed E-state index contributed by atoms with van der Waals surface area (Å²) in [5.74, 6) is 0. The average Bonchev–Trinajstić information content (AvgIpc) is 2.89. The number of halogens is 2. The van der Waals surface area contributed by atoms with E-state index in [9.17, 15) is 0 Å². The summed E-state index contributed by atoms with van der Waals surface area (Å²) in [4.78, 5) is 3.79. The molecule has 1 aliphatic rings. The second-order valence-corrected chi connectivity index (χ2v) is 7.07. The Labute approximate surface area is 133 Å². The van der Waals surface area contributed by atoms with E-state index < -0.39 is 0 Å². The summed E-state index contributed by atoms with van der Waals surface area (Å²) in [6.07, 6.45) is 0. The van der Waals surface area contributed by atoms with E-state index >= 15 is 0 Å². The van der Waals surface area contributed by atoms with Crippen LogP contribution in [0.1, 0.15) is 16.5 Å². The van der Waals surface area contributed by atoms with Crippen molar-refractivity contribution in [2.45, 2.75) is 6.04 Å². The van der Waals surface area contributed by atoms with Crippen molar-refractivity contribution in [2.24, 2.45) is 0 Å². The third-order valence-electron chi connectivity index (χ3n) is 3.57. The molecule has 1 aromatic carbocycles. The van der Waals surface area contributed by atoms with Crippen LogP contribution in [0.4, 0.5) is 0 Å². The first-order valence-electron chi connectivity index (χ1n) is 6.69. The van der Waals surface area contributed by atoms with Crippen molar-refractivity contribution in [3.8, 4) is 0 Å². The van der Waals surface area contributed by atoms with E-state index in [1.165, 1.54) is 10.4 Å². The number of hydrogen-bond donors (Lipinski definition) is 1. The van der Waals surface area contributed by atoms with Gasteiger partial charge in [-0.15, -0.1) is 11.3 Å². The van der Waals surface area contributed by atoms with Crippen LogP contribution in [0.2, 0.25) is 9.36 Å². The summed E-state index contributed by atoms with van der Waals surface area (Å²) >= 11 is 13.8. The van der Waals surface area contributed by atoms with E-state index in [0.717, 1.165) is 35.5 Å². The lowest BCUT2D eigenvalue weighted by atomic mass is 10.0. The molecule has 0 spiro atoms. The second kappa shape index (κ2) is 6.46. The Morgan fingerprint density at radius 1 is 1.00 bits per heavy atom. The molecule has 1 N–H and O–H groups in total. The van der Waals surface area contributed by atoms with Gasteiger partial charge in [-0.1, -0.05) is 35.3 Å². The zero-order valence-corrected chi connectivity index (χ0v) is 13.3. The summed E-state index contributed by atoms with van der Waals surface area (Å²) in [6, 6.07) is 12.5. The molecule has 1 atom stereocenters. The van der Waals surface area contributed by atoms with Crippen LogP contribution >= 0.6 is 34.5 Å². The molecule has 106 valence electrons. The zero-order chi connectivity index (χ0) is 13.9. The predicted molar refractivity (Wildman–Crippen MR) is 87.1 cm³/mol. The standard InChI is InChI=1S/C15H16Cl2N2S/c16-12-3-1-11(2-4-12)15(13-5-6-14(17)20-13)19-9-7-18-8-10-19/h1-6,15,18H,7-10H2. The minimum atomic E-state index is 0.270. The molecule has 0 saturated carbocycles. The highest BCUT2D eigenvalue weighted by atomic mass is 35.5. The van der Waals surface area contributed by atoms with Crippen LogP contribution in [0.3, 0.4) is 0 Å². The van der Waals surface area contributed by atoms with E-state index in [1.54, 1.807) is 11.3 Å². The van der Waals surface area contributed by atoms with Crippen molar-refractivity contribution in [1.29, 1.82) is 0 Å². The fourth-order valence-electron chi connectivity index (χ4n) is 2.62. The normalized spacial score (nSPS) is 18.1. The summed E-state index contributed by atoms with van der Waals surface area (Å²) in [7, 11) is 0. The zero-order valence-electron chi connectivity index (χ0n) is 11.0. The number of piperazine rings is 1. The van der Waals surface area contributed by atoms with Gasteiger partial charge in [0.25, 0.3) is 0 Å². The second-order valence-electron chi connectivity index (χ2n) is 4.88. The highest BCUT2D eigenvalue weighted by molar-refractivity contribution is 7.16. The molecule has 0 aliphatic carbocycles. The van der Waals surface area contributed by atoms with Gasteiger partial charge in [0.15, 0.2) is 0 Å². The molecule has 0 amide bonds. The molecule has 1 aliphatic heterocycles. The monoisotopic (exact) mass is 326 g/mol. The van der Waals surface area contributed by atoms with Gasteiger partial charge < -0.3 is 5.32 Å². The van der Waals surface area contributed by atoms with Gasteiger partial charge in [0.1, 0.15) is 0 Å². The van der Waals surface area contributed by atoms with Crippen LogP contribution in [0.5, 0.6) is 0 Å². The van der Waals surface area contributed by atoms with Crippen molar-refractivity contribution >= 4 is 34.5 Å². The molecule has 20 heavy (non-hydrogen) atoms. The topological polar surface area (TPSA) is 15.3 Å². The minimum Gasteiger partial charge on any atom is -0.314 e. The summed E-state index contributed by atoms with van der Waals surface area (Å²) in [5, 5.41) is 4.18. The molecule has 2 heterocycles. The highest BCUT2D eigenvalue weighted by Crippen LogP contribution is 2.35. The van der Waals surface area contributed by atoms with Crippen molar-refractivity contribution in [3.05, 3.63) is 56.2 Å². The van der Waals surface area contributed by atoms with Crippen LogP contribution in [-0.2, 0) is 0 Å². The van der Waals surface area contributed by atoms with Crippen molar-refractivity contribution in [3.63, 3.8) is 0 Å². The molecule has 1 saturated heterocycles. The highest BCUT2D eigenvalue weighted by Gasteiger charge is 2.25. The third kappa shape index (κ3) is 3.18. The van der Waals surface area contributed by atoms with Crippen LogP contribution in [0.25, 0.3) is 0 Å². The largest absolute Gasteiger partial charge is 0.314 e. The lowest BCUT2D eigenvalue weighted by Gasteiger charge is -2.34. The molecule has 5 heteroatoms. The van der Waals surface area contributed by atoms with E-state index in [-0.39, 0.29) is 6.04 Å². The number of nitrogens with zero attached hydrogens (tertiary/aromatic N) is 1. The molecule has 2 aromatic rings. The Kier molecular flexibility index (Phi) is 4.64. The van der Waals surface area contributed by atoms with E-state index in [1.807, 2.05) is 18.2 Å². The van der Waals surface area contributed by atoms with Crippen molar-refractivity contribution in [2.75, 3.05) is 26.2 Å². The lowest BCUT2D eigenvalue weighted by molar-refractivity contribution is 0.200. The number of nitrogens with one attached hydrogen (secondary N) is 1. The first kappa shape index (κ1) is 14.4. The fourth-order valence-corrected chi connectivity index (χ4v) is 3.97. The fraction of sp³-hybridized carbons (Fsp3) is 0.333. The average molecular weight is 327 g/mol. The first-order chi connectivity index (χ1) is 9.74. The quantitative estimate of drug-likeness (QED) is 0.915.